The van der Waals surface area contributed by atoms with Crippen LogP contribution in [0.3, 0.4) is 0 Å². The number of rotatable bonds is 4. The maximum absolute atomic E-state index is 11.7. The fourth-order valence-electron chi connectivity index (χ4n) is 1.96. The molecule has 0 spiro atoms. The van der Waals surface area contributed by atoms with E-state index in [0.29, 0.717) is 11.4 Å². The predicted molar refractivity (Wildman–Crippen MR) is 80.8 cm³/mol. The van der Waals surface area contributed by atoms with Gasteiger partial charge >= 0.3 is 0 Å². The second kappa shape index (κ2) is 5.01. The Balaban J connectivity index is 1.88. The molecule has 0 saturated carbocycles. The Labute approximate surface area is 115 Å². The summed E-state index contributed by atoms with van der Waals surface area (Å²) in [4.78, 5) is 23.3. The van der Waals surface area contributed by atoms with Gasteiger partial charge in [0.1, 0.15) is 11.4 Å². The average Bonchev–Trinajstić information content (AvgIpc) is 2.52. The van der Waals surface area contributed by atoms with Crippen molar-refractivity contribution in [2.24, 2.45) is 0 Å². The van der Waals surface area contributed by atoms with Crippen LogP contribution in [0.1, 0.15) is 0 Å². The molecular formula is C16H12N2O2. The van der Waals surface area contributed by atoms with E-state index in [1.165, 1.54) is 0 Å². The average molecular weight is 264 g/mol. The smallest absolute Gasteiger partial charge is 0.253 e. The Morgan fingerprint density at radius 3 is 1.25 bits per heavy atom. The third kappa shape index (κ3) is 2.19. The van der Waals surface area contributed by atoms with Crippen molar-refractivity contribution in [1.82, 2.24) is 0 Å². The molecule has 3 aromatic rings. The molecule has 0 aliphatic heterocycles. The first kappa shape index (κ1) is 12.2. The fraction of sp³-hybridized carbons (Fsp3) is 0. The Hall–Kier alpha value is -2.88. The molecule has 2 N–H and O–H groups in total. The van der Waals surface area contributed by atoms with Crippen molar-refractivity contribution in [3.63, 3.8) is 0 Å². The summed E-state index contributed by atoms with van der Waals surface area (Å²) in [6, 6.07) is 18.6. The molecule has 0 heterocycles. The van der Waals surface area contributed by atoms with E-state index in [-0.39, 0.29) is 0 Å². The Bertz CT molecular complexity index is 719. The molecule has 0 amide bonds. The molecule has 0 aromatic heterocycles. The van der Waals surface area contributed by atoms with Crippen LogP contribution >= 0.6 is 0 Å². The molecule has 3 aromatic carbocycles. The first-order chi connectivity index (χ1) is 9.75. The molecule has 0 atom stereocenters. The summed E-state index contributed by atoms with van der Waals surface area (Å²) in [7, 11) is 0. The van der Waals surface area contributed by atoms with Crippen molar-refractivity contribution in [2.45, 2.75) is 0 Å². The highest BCUT2D eigenvalue weighted by Crippen LogP contribution is 2.23. The SMILES string of the molecule is O=c1c(Nc2ccccc2)c(Nc2ccccc2)c1=O. The van der Waals surface area contributed by atoms with E-state index < -0.39 is 10.9 Å². The number of hydrogen-bond acceptors (Lipinski definition) is 4. The minimum absolute atomic E-state index is 0.310. The Kier molecular flexibility index (Phi) is 3.05. The van der Waals surface area contributed by atoms with Gasteiger partial charge in [-0.25, -0.2) is 0 Å². The zero-order valence-electron chi connectivity index (χ0n) is 10.6. The van der Waals surface area contributed by atoms with Crippen molar-refractivity contribution in [2.75, 3.05) is 10.6 Å². The third-order valence-electron chi connectivity index (χ3n) is 3.00. The van der Waals surface area contributed by atoms with Crippen LogP contribution in [0.2, 0.25) is 0 Å². The van der Waals surface area contributed by atoms with Gasteiger partial charge in [0, 0.05) is 11.4 Å². The molecule has 20 heavy (non-hydrogen) atoms. The molecule has 0 radical (unpaired) electrons. The monoisotopic (exact) mass is 264 g/mol. The zero-order valence-corrected chi connectivity index (χ0v) is 10.6. The van der Waals surface area contributed by atoms with E-state index >= 15 is 0 Å². The molecular weight excluding hydrogens is 252 g/mol. The van der Waals surface area contributed by atoms with Crippen LogP contribution in [0, 0.1) is 0 Å². The van der Waals surface area contributed by atoms with Crippen LogP contribution in [0.5, 0.6) is 0 Å². The standard InChI is InChI=1S/C16H12N2O2/c19-15-13(17-11-7-3-1-4-8-11)14(16(15)20)18-12-9-5-2-6-10-12/h1-10,17-18H. The van der Waals surface area contributed by atoms with Crippen molar-refractivity contribution < 1.29 is 0 Å². The second-order valence-corrected chi connectivity index (χ2v) is 4.39. The minimum Gasteiger partial charge on any atom is -0.350 e. The van der Waals surface area contributed by atoms with Gasteiger partial charge < -0.3 is 10.6 Å². The topological polar surface area (TPSA) is 58.2 Å². The molecule has 0 aliphatic carbocycles. The first-order valence-electron chi connectivity index (χ1n) is 6.23. The molecule has 3 rings (SSSR count). The Morgan fingerprint density at radius 2 is 0.900 bits per heavy atom. The molecule has 0 bridgehead atoms. The predicted octanol–water partition coefficient (Wildman–Crippen LogP) is 2.77. The number of hydrogen-bond donors (Lipinski definition) is 2. The highest BCUT2D eigenvalue weighted by Gasteiger charge is 2.20. The van der Waals surface area contributed by atoms with Crippen molar-refractivity contribution >= 4 is 22.7 Å². The summed E-state index contributed by atoms with van der Waals surface area (Å²) in [6.07, 6.45) is 0. The van der Waals surface area contributed by atoms with Crippen LogP contribution in [0.4, 0.5) is 22.7 Å². The quantitative estimate of drug-likeness (QED) is 0.711. The van der Waals surface area contributed by atoms with Gasteiger partial charge in [-0.3, -0.25) is 9.59 Å². The van der Waals surface area contributed by atoms with E-state index in [9.17, 15) is 9.59 Å². The lowest BCUT2D eigenvalue weighted by Crippen LogP contribution is -2.35. The first-order valence-corrected chi connectivity index (χ1v) is 6.23. The van der Waals surface area contributed by atoms with Gasteiger partial charge in [0.25, 0.3) is 10.9 Å². The number of nitrogens with one attached hydrogen (secondary N) is 2. The van der Waals surface area contributed by atoms with Crippen molar-refractivity contribution in [1.29, 1.82) is 0 Å². The summed E-state index contributed by atoms with van der Waals surface area (Å²) in [5.41, 5.74) is 1.18. The normalized spacial score (nSPS) is 10.4. The van der Waals surface area contributed by atoms with Gasteiger partial charge in [0.2, 0.25) is 0 Å². The van der Waals surface area contributed by atoms with Gasteiger partial charge in [0.15, 0.2) is 0 Å². The van der Waals surface area contributed by atoms with E-state index in [1.54, 1.807) is 0 Å². The molecule has 0 aliphatic rings. The Morgan fingerprint density at radius 1 is 0.550 bits per heavy atom. The fourth-order valence-corrected chi connectivity index (χ4v) is 1.96. The molecule has 4 nitrogen and oxygen atoms in total. The van der Waals surface area contributed by atoms with E-state index in [2.05, 4.69) is 10.6 Å². The largest absolute Gasteiger partial charge is 0.350 e. The molecule has 0 fully saturated rings. The lowest BCUT2D eigenvalue weighted by molar-refractivity contribution is 1.36. The number of benzene rings is 2. The van der Waals surface area contributed by atoms with E-state index in [0.717, 1.165) is 11.4 Å². The van der Waals surface area contributed by atoms with Crippen LogP contribution in [0.15, 0.2) is 70.3 Å². The minimum atomic E-state index is -0.493. The summed E-state index contributed by atoms with van der Waals surface area (Å²) in [6.45, 7) is 0. The highest BCUT2D eigenvalue weighted by atomic mass is 16.2. The van der Waals surface area contributed by atoms with Crippen molar-refractivity contribution in [3.8, 4) is 0 Å². The van der Waals surface area contributed by atoms with Crippen molar-refractivity contribution in [3.05, 3.63) is 81.1 Å². The molecule has 0 unspecified atom stereocenters. The van der Waals surface area contributed by atoms with Gasteiger partial charge in [-0.05, 0) is 24.3 Å². The van der Waals surface area contributed by atoms with E-state index in [4.69, 9.17) is 0 Å². The van der Waals surface area contributed by atoms with Gasteiger partial charge in [0.05, 0.1) is 0 Å². The van der Waals surface area contributed by atoms with Gasteiger partial charge in [-0.1, -0.05) is 36.4 Å². The summed E-state index contributed by atoms with van der Waals surface area (Å²) in [5.74, 6) is 0. The maximum atomic E-state index is 11.7. The van der Waals surface area contributed by atoms with E-state index in [1.807, 2.05) is 60.7 Å². The molecule has 4 heteroatoms. The summed E-state index contributed by atoms with van der Waals surface area (Å²) in [5, 5.41) is 5.95. The van der Waals surface area contributed by atoms with Crippen LogP contribution < -0.4 is 21.5 Å². The highest BCUT2D eigenvalue weighted by molar-refractivity contribution is 5.82. The van der Waals surface area contributed by atoms with Crippen LogP contribution in [-0.2, 0) is 0 Å². The summed E-state index contributed by atoms with van der Waals surface area (Å²) < 4.78 is 0. The zero-order chi connectivity index (χ0) is 13.9. The van der Waals surface area contributed by atoms with Gasteiger partial charge in [-0.2, -0.15) is 0 Å². The lowest BCUT2D eigenvalue weighted by Gasteiger charge is -2.14. The second-order valence-electron chi connectivity index (χ2n) is 4.39. The van der Waals surface area contributed by atoms with Crippen LogP contribution in [0.25, 0.3) is 0 Å². The van der Waals surface area contributed by atoms with Crippen LogP contribution in [-0.4, -0.2) is 0 Å². The molecule has 0 saturated heterocycles. The maximum Gasteiger partial charge on any atom is 0.253 e. The van der Waals surface area contributed by atoms with Gasteiger partial charge in [-0.15, -0.1) is 0 Å². The number of para-hydroxylation sites is 2. The lowest BCUT2D eigenvalue weighted by atomic mass is 10.1. The molecule has 98 valence electrons. The summed E-state index contributed by atoms with van der Waals surface area (Å²) >= 11 is 0. The number of anilines is 4. The third-order valence-corrected chi connectivity index (χ3v) is 3.00.